The van der Waals surface area contributed by atoms with Gasteiger partial charge in [0, 0.05) is 6.61 Å². The van der Waals surface area contributed by atoms with Crippen molar-refractivity contribution in [1.29, 1.82) is 0 Å². The van der Waals surface area contributed by atoms with E-state index in [9.17, 15) is 5.11 Å². The third kappa shape index (κ3) is 2.95. The Morgan fingerprint density at radius 3 is 2.54 bits per heavy atom. The number of hydrogen-bond acceptors (Lipinski definition) is 3. The van der Waals surface area contributed by atoms with Gasteiger partial charge < -0.3 is 15.3 Å². The third-order valence-electron chi connectivity index (χ3n) is 1.92. The van der Waals surface area contributed by atoms with Gasteiger partial charge in [-0.25, -0.2) is 0 Å². The lowest BCUT2D eigenvalue weighted by molar-refractivity contribution is 0.284. The molecule has 0 aliphatic heterocycles. The molecular formula is C10H14O3. The van der Waals surface area contributed by atoms with E-state index in [0.29, 0.717) is 6.42 Å². The number of rotatable bonds is 4. The van der Waals surface area contributed by atoms with E-state index in [4.69, 9.17) is 10.2 Å². The standard InChI is InChI=1S/C10H14O3/c11-6-2-1-3-8-7-9(12)4-5-10(8)13/h4-5,7,11-13H,1-3,6H2. The largest absolute Gasteiger partial charge is 0.508 e. The fourth-order valence-electron chi connectivity index (χ4n) is 1.20. The normalized spacial score (nSPS) is 10.2. The smallest absolute Gasteiger partial charge is 0.119 e. The summed E-state index contributed by atoms with van der Waals surface area (Å²) in [5, 5.41) is 27.1. The van der Waals surface area contributed by atoms with Gasteiger partial charge >= 0.3 is 0 Å². The van der Waals surface area contributed by atoms with Crippen LogP contribution in [0.25, 0.3) is 0 Å². The Labute approximate surface area is 77.3 Å². The van der Waals surface area contributed by atoms with E-state index < -0.39 is 0 Å². The minimum absolute atomic E-state index is 0.164. The molecule has 0 fully saturated rings. The average molecular weight is 182 g/mol. The summed E-state index contributed by atoms with van der Waals surface area (Å²) in [6, 6.07) is 4.47. The molecule has 1 aromatic carbocycles. The molecule has 1 aromatic rings. The molecule has 3 N–H and O–H groups in total. The van der Waals surface area contributed by atoms with Gasteiger partial charge in [-0.05, 0) is 43.0 Å². The van der Waals surface area contributed by atoms with E-state index in [-0.39, 0.29) is 18.1 Å². The second-order valence-electron chi connectivity index (χ2n) is 2.99. The fourth-order valence-corrected chi connectivity index (χ4v) is 1.20. The number of phenolic OH excluding ortho intramolecular Hbond substituents is 2. The topological polar surface area (TPSA) is 60.7 Å². The van der Waals surface area contributed by atoms with Crippen molar-refractivity contribution < 1.29 is 15.3 Å². The Bertz CT molecular complexity index is 271. The molecule has 3 nitrogen and oxygen atoms in total. The maximum absolute atomic E-state index is 9.36. The Hall–Kier alpha value is -1.22. The summed E-state index contributed by atoms with van der Waals surface area (Å²) in [6.45, 7) is 0.166. The SMILES string of the molecule is OCCCCc1cc(O)ccc1O. The van der Waals surface area contributed by atoms with Crippen LogP contribution in [0.3, 0.4) is 0 Å². The van der Waals surface area contributed by atoms with E-state index in [1.54, 1.807) is 6.07 Å². The minimum Gasteiger partial charge on any atom is -0.508 e. The van der Waals surface area contributed by atoms with Gasteiger partial charge in [0.05, 0.1) is 0 Å². The van der Waals surface area contributed by atoms with Crippen molar-refractivity contribution in [3.63, 3.8) is 0 Å². The van der Waals surface area contributed by atoms with Crippen LogP contribution in [0.5, 0.6) is 11.5 Å². The summed E-state index contributed by atoms with van der Waals surface area (Å²) in [7, 11) is 0. The number of aliphatic hydroxyl groups is 1. The monoisotopic (exact) mass is 182 g/mol. The molecule has 0 aliphatic rings. The highest BCUT2D eigenvalue weighted by atomic mass is 16.3. The summed E-state index contributed by atoms with van der Waals surface area (Å²) in [6.07, 6.45) is 2.21. The molecule has 0 bridgehead atoms. The molecular weight excluding hydrogens is 168 g/mol. The molecule has 0 saturated heterocycles. The lowest BCUT2D eigenvalue weighted by Crippen LogP contribution is -1.89. The van der Waals surface area contributed by atoms with Gasteiger partial charge in [0.15, 0.2) is 0 Å². The Morgan fingerprint density at radius 2 is 1.85 bits per heavy atom. The van der Waals surface area contributed by atoms with Crippen molar-refractivity contribution in [3.8, 4) is 11.5 Å². The number of benzene rings is 1. The predicted octanol–water partition coefficient (Wildman–Crippen LogP) is 1.41. The fraction of sp³-hybridized carbons (Fsp3) is 0.400. The molecule has 3 heteroatoms. The molecule has 0 spiro atoms. The average Bonchev–Trinajstić information content (AvgIpc) is 2.11. The Morgan fingerprint density at radius 1 is 1.08 bits per heavy atom. The van der Waals surface area contributed by atoms with Crippen molar-refractivity contribution >= 4 is 0 Å². The van der Waals surface area contributed by atoms with Crippen LogP contribution in [-0.2, 0) is 6.42 Å². The number of aliphatic hydroxyl groups excluding tert-OH is 1. The van der Waals surface area contributed by atoms with Crippen molar-refractivity contribution in [2.24, 2.45) is 0 Å². The molecule has 0 heterocycles. The molecule has 1 rings (SSSR count). The van der Waals surface area contributed by atoms with E-state index in [2.05, 4.69) is 0 Å². The van der Waals surface area contributed by atoms with Crippen LogP contribution in [0.2, 0.25) is 0 Å². The maximum Gasteiger partial charge on any atom is 0.119 e. The number of aromatic hydroxyl groups is 2. The first-order valence-corrected chi connectivity index (χ1v) is 4.36. The van der Waals surface area contributed by atoms with Crippen molar-refractivity contribution in [1.82, 2.24) is 0 Å². The Kier molecular flexibility index (Phi) is 3.58. The number of aryl methyl sites for hydroxylation is 1. The molecule has 0 amide bonds. The van der Waals surface area contributed by atoms with E-state index in [1.807, 2.05) is 0 Å². The van der Waals surface area contributed by atoms with Crippen LogP contribution in [0.4, 0.5) is 0 Å². The zero-order valence-corrected chi connectivity index (χ0v) is 7.40. The van der Waals surface area contributed by atoms with Crippen molar-refractivity contribution in [2.45, 2.75) is 19.3 Å². The molecule has 0 unspecified atom stereocenters. The van der Waals surface area contributed by atoms with Gasteiger partial charge in [-0.15, -0.1) is 0 Å². The highest BCUT2D eigenvalue weighted by Gasteiger charge is 2.01. The van der Waals surface area contributed by atoms with Crippen LogP contribution in [-0.4, -0.2) is 21.9 Å². The number of hydrogen-bond donors (Lipinski definition) is 3. The zero-order chi connectivity index (χ0) is 9.68. The first kappa shape index (κ1) is 9.86. The van der Waals surface area contributed by atoms with Gasteiger partial charge in [-0.1, -0.05) is 0 Å². The predicted molar refractivity (Wildman–Crippen MR) is 49.8 cm³/mol. The molecule has 0 saturated carbocycles. The second kappa shape index (κ2) is 4.72. The molecule has 0 atom stereocenters. The summed E-state index contributed by atoms with van der Waals surface area (Å²) in [4.78, 5) is 0. The lowest BCUT2D eigenvalue weighted by atomic mass is 10.1. The maximum atomic E-state index is 9.36. The molecule has 72 valence electrons. The Balaban J connectivity index is 2.59. The number of unbranched alkanes of at least 4 members (excludes halogenated alkanes) is 1. The van der Waals surface area contributed by atoms with Gasteiger partial charge in [-0.3, -0.25) is 0 Å². The van der Waals surface area contributed by atoms with Crippen LogP contribution in [0.15, 0.2) is 18.2 Å². The zero-order valence-electron chi connectivity index (χ0n) is 7.40. The molecule has 13 heavy (non-hydrogen) atoms. The lowest BCUT2D eigenvalue weighted by Gasteiger charge is -2.03. The van der Waals surface area contributed by atoms with Gasteiger partial charge in [0.1, 0.15) is 11.5 Å². The van der Waals surface area contributed by atoms with Crippen molar-refractivity contribution in [2.75, 3.05) is 6.61 Å². The van der Waals surface area contributed by atoms with Crippen molar-refractivity contribution in [3.05, 3.63) is 23.8 Å². The van der Waals surface area contributed by atoms with Crippen LogP contribution in [0, 0.1) is 0 Å². The first-order valence-electron chi connectivity index (χ1n) is 4.36. The molecule has 0 aliphatic carbocycles. The van der Waals surface area contributed by atoms with E-state index in [1.165, 1.54) is 12.1 Å². The van der Waals surface area contributed by atoms with Gasteiger partial charge in [0.2, 0.25) is 0 Å². The van der Waals surface area contributed by atoms with E-state index in [0.717, 1.165) is 18.4 Å². The van der Waals surface area contributed by atoms with E-state index >= 15 is 0 Å². The summed E-state index contributed by atoms with van der Waals surface area (Å²) in [5.41, 5.74) is 0.730. The van der Waals surface area contributed by atoms with Crippen LogP contribution in [0.1, 0.15) is 18.4 Å². The second-order valence-corrected chi connectivity index (χ2v) is 2.99. The first-order chi connectivity index (χ1) is 6.24. The van der Waals surface area contributed by atoms with Crippen LogP contribution >= 0.6 is 0 Å². The van der Waals surface area contributed by atoms with Gasteiger partial charge in [0.25, 0.3) is 0 Å². The molecule has 0 aromatic heterocycles. The minimum atomic E-state index is 0.164. The highest BCUT2D eigenvalue weighted by Crippen LogP contribution is 2.23. The summed E-state index contributed by atoms with van der Waals surface area (Å²) < 4.78 is 0. The summed E-state index contributed by atoms with van der Waals surface area (Å²) >= 11 is 0. The quantitative estimate of drug-likeness (QED) is 0.487. The number of phenols is 2. The molecule has 0 radical (unpaired) electrons. The highest BCUT2D eigenvalue weighted by molar-refractivity contribution is 5.38. The van der Waals surface area contributed by atoms with Gasteiger partial charge in [-0.2, -0.15) is 0 Å². The van der Waals surface area contributed by atoms with Crippen LogP contribution < -0.4 is 0 Å². The summed E-state index contributed by atoms with van der Waals surface area (Å²) in [5.74, 6) is 0.368. The third-order valence-corrected chi connectivity index (χ3v) is 1.92.